The first kappa shape index (κ1) is 10.4. The predicted molar refractivity (Wildman–Crippen MR) is 36.9 cm³/mol. The number of hydrogen-bond donors (Lipinski definition) is 0. The van der Waals surface area contributed by atoms with E-state index < -0.39 is 5.24 Å². The van der Waals surface area contributed by atoms with E-state index in [1.165, 1.54) is 0 Å². The van der Waals surface area contributed by atoms with Crippen LogP contribution in [0.3, 0.4) is 0 Å². The Balaban J connectivity index is 0. The Morgan fingerprint density at radius 3 is 1.75 bits per heavy atom. The summed E-state index contributed by atoms with van der Waals surface area (Å²) in [5, 5.41) is -0.509. The van der Waals surface area contributed by atoms with Gasteiger partial charge in [0.15, 0.2) is 0 Å². The van der Waals surface area contributed by atoms with E-state index >= 15 is 0 Å². The van der Waals surface area contributed by atoms with E-state index in [0.717, 1.165) is 6.08 Å². The van der Waals surface area contributed by atoms with Crippen LogP contribution in [0.25, 0.3) is 0 Å². The zero-order chi connectivity index (χ0) is 6.99. The summed E-state index contributed by atoms with van der Waals surface area (Å²) in [5.74, 6) is 0. The molecule has 0 aromatic rings. The zero-order valence-corrected chi connectivity index (χ0v) is 5.61. The molecular formula is C6H9ClO. The predicted octanol–water partition coefficient (Wildman–Crippen LogP) is 2.13. The lowest BCUT2D eigenvalue weighted by atomic mass is 10.7. The highest BCUT2D eigenvalue weighted by atomic mass is 35.5. The van der Waals surface area contributed by atoms with Crippen molar-refractivity contribution in [3.05, 3.63) is 25.3 Å². The Morgan fingerprint density at radius 2 is 1.75 bits per heavy atom. The molecule has 0 aliphatic carbocycles. The molecule has 8 heavy (non-hydrogen) atoms. The van der Waals surface area contributed by atoms with E-state index in [9.17, 15) is 4.79 Å². The van der Waals surface area contributed by atoms with E-state index in [1.54, 1.807) is 6.08 Å². The Labute approximate surface area is 54.7 Å². The topological polar surface area (TPSA) is 17.1 Å². The molecular weight excluding hydrogens is 124 g/mol. The molecule has 0 spiro atoms. The fourth-order valence-corrected chi connectivity index (χ4v) is 0. The molecule has 46 valence electrons. The molecule has 0 N–H and O–H groups in total. The molecule has 1 nitrogen and oxygen atoms in total. The third-order valence-electron chi connectivity index (χ3n) is 0.160. The molecule has 0 heterocycles. The lowest BCUT2D eigenvalue weighted by Crippen LogP contribution is -1.67. The van der Waals surface area contributed by atoms with E-state index in [0.29, 0.717) is 0 Å². The molecule has 0 atom stereocenters. The summed E-state index contributed by atoms with van der Waals surface area (Å²) in [6.45, 7) is 8.33. The highest BCUT2D eigenvalue weighted by Gasteiger charge is 1.74. The normalized spacial score (nSPS) is 5.75. The molecule has 2 heteroatoms. The molecule has 0 amide bonds. The minimum atomic E-state index is -0.509. The lowest BCUT2D eigenvalue weighted by molar-refractivity contribution is -0.107. The van der Waals surface area contributed by atoms with Crippen molar-refractivity contribution >= 4 is 16.8 Å². The van der Waals surface area contributed by atoms with Crippen LogP contribution in [0.15, 0.2) is 25.3 Å². The fourth-order valence-electron chi connectivity index (χ4n) is 0. The molecule has 0 unspecified atom stereocenters. The van der Waals surface area contributed by atoms with Gasteiger partial charge in [-0.1, -0.05) is 12.7 Å². The minimum absolute atomic E-state index is 0.509. The van der Waals surface area contributed by atoms with Gasteiger partial charge in [0.25, 0.3) is 0 Å². The van der Waals surface area contributed by atoms with Gasteiger partial charge in [0.1, 0.15) is 0 Å². The quantitative estimate of drug-likeness (QED) is 0.304. The van der Waals surface area contributed by atoms with E-state index in [1.807, 2.05) is 6.92 Å². The Hall–Kier alpha value is -0.560. The minimum Gasteiger partial charge on any atom is -0.276 e. The number of carbonyl (C=O) groups excluding carboxylic acids is 1. The average Bonchev–Trinajstić information content (AvgIpc) is 1.69. The molecule has 0 fully saturated rings. The first-order valence-electron chi connectivity index (χ1n) is 2.08. The van der Waals surface area contributed by atoms with Gasteiger partial charge >= 0.3 is 0 Å². The van der Waals surface area contributed by atoms with Crippen molar-refractivity contribution in [1.29, 1.82) is 0 Å². The van der Waals surface area contributed by atoms with Crippen LogP contribution in [0, 0.1) is 0 Å². The molecule has 0 rings (SSSR count). The van der Waals surface area contributed by atoms with Crippen LogP contribution in [0.4, 0.5) is 0 Å². The average molecular weight is 133 g/mol. The summed E-state index contributed by atoms with van der Waals surface area (Å²) in [4.78, 5) is 9.46. The SMILES string of the molecule is C=CC.C=CC(=O)Cl. The van der Waals surface area contributed by atoms with Gasteiger partial charge < -0.3 is 0 Å². The van der Waals surface area contributed by atoms with Crippen molar-refractivity contribution in [3.63, 3.8) is 0 Å². The summed E-state index contributed by atoms with van der Waals surface area (Å²) in [6, 6.07) is 0. The van der Waals surface area contributed by atoms with Crippen LogP contribution in [0.1, 0.15) is 6.92 Å². The number of halogens is 1. The molecule has 0 aromatic heterocycles. The fraction of sp³-hybridized carbons (Fsp3) is 0.167. The largest absolute Gasteiger partial charge is 0.276 e. The second-order valence-corrected chi connectivity index (χ2v) is 1.29. The lowest BCUT2D eigenvalue weighted by Gasteiger charge is -1.59. The molecule has 0 saturated carbocycles. The molecule has 0 saturated heterocycles. The summed E-state index contributed by atoms with van der Waals surface area (Å²) >= 11 is 4.71. The third kappa shape index (κ3) is 51.7. The van der Waals surface area contributed by atoms with Crippen molar-refractivity contribution in [1.82, 2.24) is 0 Å². The van der Waals surface area contributed by atoms with Crippen molar-refractivity contribution in [3.8, 4) is 0 Å². The van der Waals surface area contributed by atoms with Gasteiger partial charge in [-0.2, -0.15) is 0 Å². The van der Waals surface area contributed by atoms with Gasteiger partial charge in [0, 0.05) is 0 Å². The molecule has 0 aliphatic heterocycles. The van der Waals surface area contributed by atoms with Gasteiger partial charge in [-0.25, -0.2) is 0 Å². The van der Waals surface area contributed by atoms with Crippen LogP contribution in [-0.2, 0) is 4.79 Å². The van der Waals surface area contributed by atoms with Crippen molar-refractivity contribution in [2.75, 3.05) is 0 Å². The summed E-state index contributed by atoms with van der Waals surface area (Å²) in [7, 11) is 0. The molecule has 0 aliphatic rings. The number of allylic oxidation sites excluding steroid dienone is 2. The van der Waals surface area contributed by atoms with E-state index in [2.05, 4.69) is 13.2 Å². The van der Waals surface area contributed by atoms with Crippen LogP contribution in [0.5, 0.6) is 0 Å². The Morgan fingerprint density at radius 1 is 1.62 bits per heavy atom. The van der Waals surface area contributed by atoms with Crippen LogP contribution < -0.4 is 0 Å². The van der Waals surface area contributed by atoms with Gasteiger partial charge in [-0.15, -0.1) is 6.58 Å². The summed E-state index contributed by atoms with van der Waals surface area (Å²) in [6.07, 6.45) is 2.79. The third-order valence-corrected chi connectivity index (χ3v) is 0.315. The summed E-state index contributed by atoms with van der Waals surface area (Å²) in [5.41, 5.74) is 0. The summed E-state index contributed by atoms with van der Waals surface area (Å²) < 4.78 is 0. The van der Waals surface area contributed by atoms with Crippen LogP contribution in [0.2, 0.25) is 0 Å². The van der Waals surface area contributed by atoms with Gasteiger partial charge in [-0.05, 0) is 24.6 Å². The molecule has 0 aromatic carbocycles. The molecule has 0 bridgehead atoms. The molecule has 0 radical (unpaired) electrons. The van der Waals surface area contributed by atoms with Crippen molar-refractivity contribution in [2.45, 2.75) is 6.92 Å². The van der Waals surface area contributed by atoms with Crippen LogP contribution in [-0.4, -0.2) is 5.24 Å². The van der Waals surface area contributed by atoms with Crippen molar-refractivity contribution < 1.29 is 4.79 Å². The Bertz CT molecular complexity index is 86.5. The van der Waals surface area contributed by atoms with Crippen LogP contribution >= 0.6 is 11.6 Å². The monoisotopic (exact) mass is 132 g/mol. The van der Waals surface area contributed by atoms with Crippen molar-refractivity contribution in [2.24, 2.45) is 0 Å². The van der Waals surface area contributed by atoms with E-state index in [-0.39, 0.29) is 0 Å². The second kappa shape index (κ2) is 9.67. The maximum Gasteiger partial charge on any atom is 0.244 e. The number of rotatable bonds is 1. The second-order valence-electron chi connectivity index (χ2n) is 0.916. The highest BCUT2D eigenvalue weighted by Crippen LogP contribution is 1.74. The van der Waals surface area contributed by atoms with E-state index in [4.69, 9.17) is 11.6 Å². The first-order valence-corrected chi connectivity index (χ1v) is 2.45. The van der Waals surface area contributed by atoms with Gasteiger partial charge in [0.05, 0.1) is 0 Å². The maximum absolute atomic E-state index is 9.46. The first-order chi connectivity index (χ1) is 3.68. The van der Waals surface area contributed by atoms with Gasteiger partial charge in [-0.3, -0.25) is 4.79 Å². The number of hydrogen-bond acceptors (Lipinski definition) is 1. The standard InChI is InChI=1S/C3H3ClO.C3H6/c1-2-3(4)5;1-3-2/h2H,1H2;3H,1H2,2H3. The zero-order valence-electron chi connectivity index (χ0n) is 4.86. The number of carbonyl (C=O) groups is 1. The Kier molecular flexibility index (Phi) is 12.6. The maximum atomic E-state index is 9.46. The smallest absolute Gasteiger partial charge is 0.244 e. The van der Waals surface area contributed by atoms with Gasteiger partial charge in [0.2, 0.25) is 5.24 Å². The highest BCUT2D eigenvalue weighted by molar-refractivity contribution is 6.66.